The van der Waals surface area contributed by atoms with Crippen LogP contribution in [0.3, 0.4) is 0 Å². The molecule has 34 heavy (non-hydrogen) atoms. The summed E-state index contributed by atoms with van der Waals surface area (Å²) in [6, 6.07) is 7.98. The lowest BCUT2D eigenvalue weighted by Crippen LogP contribution is -2.58. The molecule has 1 aromatic rings. The summed E-state index contributed by atoms with van der Waals surface area (Å²) < 4.78 is 11.7. The summed E-state index contributed by atoms with van der Waals surface area (Å²) >= 11 is 3.63. The van der Waals surface area contributed by atoms with Crippen molar-refractivity contribution in [3.05, 3.63) is 48.6 Å². The van der Waals surface area contributed by atoms with Crippen molar-refractivity contribution in [2.45, 2.75) is 55.4 Å². The van der Waals surface area contributed by atoms with Crippen LogP contribution in [0.1, 0.15) is 25.8 Å². The molecule has 3 aliphatic rings. The highest BCUT2D eigenvalue weighted by Crippen LogP contribution is 2.60. The van der Waals surface area contributed by atoms with Crippen LogP contribution in [0.5, 0.6) is 0 Å². The van der Waals surface area contributed by atoms with E-state index < -0.39 is 41.6 Å². The van der Waals surface area contributed by atoms with Gasteiger partial charge in [0.1, 0.15) is 11.6 Å². The molecule has 3 heterocycles. The van der Waals surface area contributed by atoms with Gasteiger partial charge in [-0.05, 0) is 25.8 Å². The Morgan fingerprint density at radius 3 is 2.74 bits per heavy atom. The van der Waals surface area contributed by atoms with E-state index in [1.807, 2.05) is 30.3 Å². The van der Waals surface area contributed by atoms with Gasteiger partial charge >= 0.3 is 5.97 Å². The van der Waals surface area contributed by atoms with Crippen LogP contribution in [-0.2, 0) is 30.4 Å². The number of benzene rings is 1. The van der Waals surface area contributed by atoms with E-state index in [4.69, 9.17) is 9.47 Å². The smallest absolute Gasteiger partial charge is 0.312 e. The first kappa shape index (κ1) is 24.9. The molecule has 1 spiro atoms. The summed E-state index contributed by atoms with van der Waals surface area (Å²) in [4.78, 5) is 43.7. The van der Waals surface area contributed by atoms with Crippen molar-refractivity contribution < 1.29 is 29.0 Å². The maximum absolute atomic E-state index is 14.1. The fraction of sp³-hybridized carbons (Fsp3) is 0.560. The maximum atomic E-state index is 14.1. The summed E-state index contributed by atoms with van der Waals surface area (Å²) in [5, 5.41) is 9.95. The van der Waals surface area contributed by atoms with Crippen molar-refractivity contribution in [2.75, 3.05) is 19.8 Å². The number of likely N-dealkylation sites (tertiary alicyclic amines) is 1. The average molecular weight is 535 g/mol. The predicted molar refractivity (Wildman–Crippen MR) is 128 cm³/mol. The van der Waals surface area contributed by atoms with E-state index in [1.54, 1.807) is 24.8 Å². The summed E-state index contributed by atoms with van der Waals surface area (Å²) in [5.41, 5.74) is -0.235. The van der Waals surface area contributed by atoms with Crippen LogP contribution in [0.25, 0.3) is 0 Å². The number of rotatable bonds is 9. The van der Waals surface area contributed by atoms with Gasteiger partial charge < -0.3 is 24.4 Å². The molecule has 2 bridgehead atoms. The largest absolute Gasteiger partial charge is 0.466 e. The van der Waals surface area contributed by atoms with Gasteiger partial charge in [0.2, 0.25) is 11.8 Å². The minimum atomic E-state index is -1.18. The summed E-state index contributed by atoms with van der Waals surface area (Å²) in [5.74, 6) is -2.77. The van der Waals surface area contributed by atoms with Gasteiger partial charge in [0.25, 0.3) is 0 Å². The van der Waals surface area contributed by atoms with Crippen LogP contribution >= 0.6 is 15.9 Å². The third kappa shape index (κ3) is 3.87. The van der Waals surface area contributed by atoms with Gasteiger partial charge in [-0.25, -0.2) is 0 Å². The number of halogens is 1. The van der Waals surface area contributed by atoms with Gasteiger partial charge in [0.15, 0.2) is 0 Å². The van der Waals surface area contributed by atoms with Crippen LogP contribution in [-0.4, -0.2) is 81.1 Å². The van der Waals surface area contributed by atoms with Gasteiger partial charge in [-0.3, -0.25) is 14.4 Å². The van der Waals surface area contributed by atoms with Crippen molar-refractivity contribution in [1.82, 2.24) is 9.80 Å². The van der Waals surface area contributed by atoms with Crippen molar-refractivity contribution in [2.24, 2.45) is 11.8 Å². The number of fused-ring (bicyclic) bond motifs is 1. The lowest BCUT2D eigenvalue weighted by atomic mass is 9.70. The zero-order valence-corrected chi connectivity index (χ0v) is 21.0. The first-order valence-electron chi connectivity index (χ1n) is 11.7. The quantitative estimate of drug-likeness (QED) is 0.295. The second-order valence-electron chi connectivity index (χ2n) is 9.19. The van der Waals surface area contributed by atoms with Gasteiger partial charge in [0.05, 0.1) is 37.2 Å². The Morgan fingerprint density at radius 1 is 1.41 bits per heavy atom. The third-order valence-electron chi connectivity index (χ3n) is 7.14. The Kier molecular flexibility index (Phi) is 7.17. The molecule has 9 heteroatoms. The first-order valence-corrected chi connectivity index (χ1v) is 12.6. The molecule has 3 aliphatic heterocycles. The van der Waals surface area contributed by atoms with Crippen LogP contribution in [0, 0.1) is 11.8 Å². The lowest BCUT2D eigenvalue weighted by Gasteiger charge is -2.38. The number of carbonyl (C=O) groups excluding carboxylic acids is 3. The van der Waals surface area contributed by atoms with Crippen molar-refractivity contribution in [3.8, 4) is 0 Å². The van der Waals surface area contributed by atoms with Gasteiger partial charge in [-0.15, -0.1) is 6.58 Å². The van der Waals surface area contributed by atoms with E-state index in [-0.39, 0.29) is 36.4 Å². The normalized spacial score (nSPS) is 32.4. The van der Waals surface area contributed by atoms with Crippen molar-refractivity contribution >= 4 is 33.7 Å². The standard InChI is InChI=1S/C25H31BrN2O6/c1-4-11-27(13-16-9-7-6-8-10-16)23(31)21-25-12-17(26)20(34-25)18(24(32)33-5-2)19(25)22(30)28(21)15(3)14-29/h4,6-10,15,17-21,29H,1,5,11-14H2,2-3H3/t15-,17?,18-,19+,20-,21-,25+/m1/s1. The van der Waals surface area contributed by atoms with E-state index in [1.165, 1.54) is 4.90 Å². The Hall–Kier alpha value is -2.23. The number of alkyl halides is 1. The minimum absolute atomic E-state index is 0.187. The van der Waals surface area contributed by atoms with E-state index in [0.29, 0.717) is 13.0 Å². The van der Waals surface area contributed by atoms with Gasteiger partial charge in [-0.1, -0.05) is 52.3 Å². The molecular formula is C25H31BrN2O6. The number of hydrogen-bond donors (Lipinski definition) is 1. The van der Waals surface area contributed by atoms with Crippen LogP contribution in [0.4, 0.5) is 0 Å². The van der Waals surface area contributed by atoms with E-state index in [2.05, 4.69) is 22.5 Å². The summed E-state index contributed by atoms with van der Waals surface area (Å²) in [6.07, 6.45) is 1.49. The van der Waals surface area contributed by atoms with E-state index >= 15 is 0 Å². The van der Waals surface area contributed by atoms with E-state index in [0.717, 1.165) is 5.56 Å². The Morgan fingerprint density at radius 2 is 2.12 bits per heavy atom. The zero-order chi connectivity index (χ0) is 24.6. The Balaban J connectivity index is 1.76. The summed E-state index contributed by atoms with van der Waals surface area (Å²) in [6.45, 7) is 7.70. The molecule has 2 amide bonds. The fourth-order valence-electron chi connectivity index (χ4n) is 5.78. The molecule has 1 aromatic carbocycles. The Labute approximate surface area is 208 Å². The number of hydrogen-bond acceptors (Lipinski definition) is 6. The van der Waals surface area contributed by atoms with Crippen LogP contribution in [0.2, 0.25) is 0 Å². The van der Waals surface area contributed by atoms with E-state index in [9.17, 15) is 19.5 Å². The van der Waals surface area contributed by atoms with Gasteiger partial charge in [0, 0.05) is 17.9 Å². The molecule has 0 saturated carbocycles. The van der Waals surface area contributed by atoms with Gasteiger partial charge in [-0.2, -0.15) is 0 Å². The second-order valence-corrected chi connectivity index (χ2v) is 10.4. The molecule has 1 unspecified atom stereocenters. The number of amides is 2. The maximum Gasteiger partial charge on any atom is 0.312 e. The van der Waals surface area contributed by atoms with Crippen molar-refractivity contribution in [1.29, 1.82) is 0 Å². The minimum Gasteiger partial charge on any atom is -0.466 e. The highest BCUT2D eigenvalue weighted by Gasteiger charge is 2.77. The molecule has 3 fully saturated rings. The zero-order valence-electron chi connectivity index (χ0n) is 19.4. The number of carbonyl (C=O) groups is 3. The monoisotopic (exact) mass is 534 g/mol. The number of nitrogens with zero attached hydrogens (tertiary/aromatic N) is 2. The molecular weight excluding hydrogens is 504 g/mol. The molecule has 3 saturated heterocycles. The molecule has 4 rings (SSSR count). The molecule has 7 atom stereocenters. The van der Waals surface area contributed by atoms with Crippen LogP contribution in [0.15, 0.2) is 43.0 Å². The second kappa shape index (κ2) is 9.79. The average Bonchev–Trinajstić information content (AvgIpc) is 3.42. The van der Waals surface area contributed by atoms with Crippen molar-refractivity contribution in [3.63, 3.8) is 0 Å². The Bertz CT molecular complexity index is 958. The molecule has 184 valence electrons. The summed E-state index contributed by atoms with van der Waals surface area (Å²) in [7, 11) is 0. The third-order valence-corrected chi connectivity index (χ3v) is 7.98. The topological polar surface area (TPSA) is 96.4 Å². The highest BCUT2D eigenvalue weighted by atomic mass is 79.9. The number of esters is 1. The SMILES string of the molecule is C=CCN(Cc1ccccc1)C(=O)[C@H]1N([C@H](C)CO)C(=O)[C@@H]2[C@@H](C(=O)OCC)[C@@H]3O[C@@]21CC3Br. The number of ether oxygens (including phenoxy) is 2. The molecule has 0 radical (unpaired) electrons. The number of aliphatic hydroxyl groups excluding tert-OH is 1. The predicted octanol–water partition coefficient (Wildman–Crippen LogP) is 1.89. The van der Waals surface area contributed by atoms with Crippen LogP contribution < -0.4 is 0 Å². The molecule has 0 aromatic heterocycles. The highest BCUT2D eigenvalue weighted by molar-refractivity contribution is 9.09. The first-order chi connectivity index (χ1) is 16.3. The molecule has 8 nitrogen and oxygen atoms in total. The number of aliphatic hydroxyl groups is 1. The molecule has 0 aliphatic carbocycles. The molecule has 1 N–H and O–H groups in total. The lowest BCUT2D eigenvalue weighted by molar-refractivity contribution is -0.156. The fourth-order valence-corrected chi connectivity index (χ4v) is 6.72.